The maximum absolute atomic E-state index is 12.5. The number of benzene rings is 1. The minimum Gasteiger partial charge on any atom is -0.496 e. The Balaban J connectivity index is 2.19. The van der Waals surface area contributed by atoms with Crippen LogP contribution in [0.2, 0.25) is 0 Å². The molecule has 0 bridgehead atoms. The van der Waals surface area contributed by atoms with Crippen LogP contribution >= 0.6 is 0 Å². The Morgan fingerprint density at radius 1 is 1.32 bits per heavy atom. The zero-order chi connectivity index (χ0) is 18.4. The van der Waals surface area contributed by atoms with Crippen LogP contribution in [-0.4, -0.2) is 36.4 Å². The van der Waals surface area contributed by atoms with Crippen molar-refractivity contribution >= 4 is 29.1 Å². The van der Waals surface area contributed by atoms with Gasteiger partial charge >= 0.3 is 0 Å². The van der Waals surface area contributed by atoms with Crippen LogP contribution in [0, 0.1) is 5.92 Å². The number of rotatable bonds is 8. The molecule has 0 aliphatic rings. The van der Waals surface area contributed by atoms with Gasteiger partial charge in [-0.2, -0.15) is 0 Å². The Morgan fingerprint density at radius 2 is 2.08 bits per heavy atom. The Bertz CT molecular complexity index is 769. The van der Waals surface area contributed by atoms with Gasteiger partial charge in [-0.1, -0.05) is 19.9 Å². The number of hydrazine groups is 1. The molecule has 8 nitrogen and oxygen atoms in total. The quantitative estimate of drug-likeness (QED) is 0.423. The molecule has 2 aromatic rings. The molecule has 8 heteroatoms. The predicted octanol–water partition coefficient (Wildman–Crippen LogP) is 1.10. The number of carbonyl (C=O) groups excluding carboxylic acids is 3. The lowest BCUT2D eigenvalue weighted by molar-refractivity contribution is -0.126. The second-order valence-electron chi connectivity index (χ2n) is 6.01. The van der Waals surface area contributed by atoms with E-state index in [0.717, 1.165) is 10.9 Å². The largest absolute Gasteiger partial charge is 0.496 e. The van der Waals surface area contributed by atoms with E-state index in [1.165, 1.54) is 0 Å². The van der Waals surface area contributed by atoms with Gasteiger partial charge in [0.1, 0.15) is 17.5 Å². The van der Waals surface area contributed by atoms with Gasteiger partial charge in [-0.3, -0.25) is 25.2 Å². The van der Waals surface area contributed by atoms with Crippen LogP contribution in [0.1, 0.15) is 30.8 Å². The first kappa shape index (κ1) is 18.3. The summed E-state index contributed by atoms with van der Waals surface area (Å²) in [6, 6.07) is 6.36. The molecule has 134 valence electrons. The Hall–Kier alpha value is -3.03. The number of nitrogens with one attached hydrogen (secondary N) is 4. The summed E-state index contributed by atoms with van der Waals surface area (Å²) in [4.78, 5) is 38.0. The number of fused-ring (bicyclic) bond motifs is 1. The molecule has 0 aliphatic heterocycles. The van der Waals surface area contributed by atoms with Crippen molar-refractivity contribution in [3.8, 4) is 5.75 Å². The van der Waals surface area contributed by atoms with Crippen molar-refractivity contribution in [1.29, 1.82) is 0 Å². The Morgan fingerprint density at radius 3 is 2.72 bits per heavy atom. The third kappa shape index (κ3) is 4.50. The molecule has 1 aromatic carbocycles. The first-order chi connectivity index (χ1) is 12.0. The zero-order valence-electron chi connectivity index (χ0n) is 14.4. The average molecular weight is 346 g/mol. The number of amides is 3. The second-order valence-corrected chi connectivity index (χ2v) is 6.01. The molecule has 3 amide bonds. The van der Waals surface area contributed by atoms with E-state index in [4.69, 9.17) is 4.74 Å². The fraction of sp³-hybridized carbons (Fsp3) is 0.353. The van der Waals surface area contributed by atoms with E-state index in [1.54, 1.807) is 19.2 Å². The highest BCUT2D eigenvalue weighted by atomic mass is 16.5. The number of H-pyrrole nitrogens is 1. The number of carbonyl (C=O) groups is 3. The molecule has 1 aromatic heterocycles. The second kappa shape index (κ2) is 8.18. The van der Waals surface area contributed by atoms with Crippen LogP contribution in [0.15, 0.2) is 24.3 Å². The molecule has 0 fully saturated rings. The minimum absolute atomic E-state index is 0.176. The summed E-state index contributed by atoms with van der Waals surface area (Å²) < 4.78 is 5.28. The van der Waals surface area contributed by atoms with Crippen LogP contribution in [-0.2, 0) is 9.59 Å². The maximum atomic E-state index is 12.5. The van der Waals surface area contributed by atoms with Gasteiger partial charge in [-0.15, -0.1) is 0 Å². The fourth-order valence-corrected chi connectivity index (χ4v) is 2.55. The summed E-state index contributed by atoms with van der Waals surface area (Å²) in [5.74, 6) is -0.0671. The number of ether oxygens (including phenoxy) is 1. The number of hydrogen-bond acceptors (Lipinski definition) is 4. The van der Waals surface area contributed by atoms with Crippen molar-refractivity contribution in [2.24, 2.45) is 5.92 Å². The molecule has 0 unspecified atom stereocenters. The van der Waals surface area contributed by atoms with E-state index in [9.17, 15) is 14.4 Å². The fourth-order valence-electron chi connectivity index (χ4n) is 2.55. The van der Waals surface area contributed by atoms with Crippen LogP contribution in [0.3, 0.4) is 0 Å². The van der Waals surface area contributed by atoms with Gasteiger partial charge in [-0.25, -0.2) is 0 Å². The van der Waals surface area contributed by atoms with E-state index >= 15 is 0 Å². The van der Waals surface area contributed by atoms with Crippen molar-refractivity contribution < 1.29 is 19.1 Å². The molecule has 0 aliphatic carbocycles. The molecule has 0 radical (unpaired) electrons. The maximum Gasteiger partial charge on any atom is 0.268 e. The highest BCUT2D eigenvalue weighted by molar-refractivity contribution is 6.01. The number of aromatic amines is 1. The van der Waals surface area contributed by atoms with Crippen molar-refractivity contribution in [1.82, 2.24) is 21.2 Å². The molecular formula is C17H22N4O4. The summed E-state index contributed by atoms with van der Waals surface area (Å²) in [5, 5.41) is 3.47. The molecule has 0 spiro atoms. The van der Waals surface area contributed by atoms with Gasteiger partial charge in [0, 0.05) is 10.9 Å². The van der Waals surface area contributed by atoms with Crippen LogP contribution < -0.4 is 20.9 Å². The van der Waals surface area contributed by atoms with Gasteiger partial charge in [0.05, 0.1) is 7.11 Å². The molecule has 0 saturated heterocycles. The van der Waals surface area contributed by atoms with Gasteiger partial charge in [0.2, 0.25) is 6.41 Å². The van der Waals surface area contributed by atoms with Crippen LogP contribution in [0.25, 0.3) is 10.9 Å². The smallest absolute Gasteiger partial charge is 0.268 e. The topological polar surface area (TPSA) is 112 Å². The summed E-state index contributed by atoms with van der Waals surface area (Å²) in [6.45, 7) is 3.88. The highest BCUT2D eigenvalue weighted by Gasteiger charge is 2.23. The lowest BCUT2D eigenvalue weighted by Crippen LogP contribution is -2.51. The molecule has 1 heterocycles. The van der Waals surface area contributed by atoms with Crippen LogP contribution in [0.4, 0.5) is 0 Å². The van der Waals surface area contributed by atoms with Crippen LogP contribution in [0.5, 0.6) is 5.75 Å². The average Bonchev–Trinajstić information content (AvgIpc) is 3.02. The number of aromatic nitrogens is 1. The van der Waals surface area contributed by atoms with E-state index in [2.05, 4.69) is 21.2 Å². The zero-order valence-corrected chi connectivity index (χ0v) is 14.4. The third-order valence-electron chi connectivity index (χ3n) is 3.67. The van der Waals surface area contributed by atoms with Gasteiger partial charge in [-0.05, 0) is 30.5 Å². The third-order valence-corrected chi connectivity index (χ3v) is 3.67. The van der Waals surface area contributed by atoms with Crippen molar-refractivity contribution in [2.75, 3.05) is 7.11 Å². The van der Waals surface area contributed by atoms with Crippen molar-refractivity contribution in [3.63, 3.8) is 0 Å². The first-order valence-electron chi connectivity index (χ1n) is 7.91. The normalized spacial score (nSPS) is 11.8. The predicted molar refractivity (Wildman–Crippen MR) is 92.9 cm³/mol. The standard InChI is InChI=1S/C17H22N4O4/c1-10(2)7-13(17(24)21-18-9-22)20-16(23)14-8-11-12(19-14)5-4-6-15(11)25-3/h4-6,8-10,13,19H,7H2,1-3H3,(H,18,22)(H,20,23)(H,21,24)/t13-/m0/s1. The van der Waals surface area contributed by atoms with E-state index in [0.29, 0.717) is 24.3 Å². The lowest BCUT2D eigenvalue weighted by atomic mass is 10.0. The molecular weight excluding hydrogens is 324 g/mol. The van der Waals surface area contributed by atoms with E-state index in [-0.39, 0.29) is 5.92 Å². The van der Waals surface area contributed by atoms with Crippen molar-refractivity contribution in [2.45, 2.75) is 26.3 Å². The molecule has 2 rings (SSSR count). The van der Waals surface area contributed by atoms with Gasteiger partial charge in [0.25, 0.3) is 11.8 Å². The minimum atomic E-state index is -0.770. The van der Waals surface area contributed by atoms with E-state index < -0.39 is 17.9 Å². The van der Waals surface area contributed by atoms with Gasteiger partial charge < -0.3 is 15.0 Å². The highest BCUT2D eigenvalue weighted by Crippen LogP contribution is 2.26. The van der Waals surface area contributed by atoms with E-state index in [1.807, 2.05) is 26.0 Å². The summed E-state index contributed by atoms with van der Waals surface area (Å²) in [7, 11) is 1.56. The lowest BCUT2D eigenvalue weighted by Gasteiger charge is -2.19. The summed E-state index contributed by atoms with van der Waals surface area (Å²) >= 11 is 0. The molecule has 4 N–H and O–H groups in total. The molecule has 0 saturated carbocycles. The Labute approximate surface area is 145 Å². The Kier molecular flexibility index (Phi) is 5.99. The summed E-state index contributed by atoms with van der Waals surface area (Å²) in [6.07, 6.45) is 0.789. The first-order valence-corrected chi connectivity index (χ1v) is 7.91. The molecule has 25 heavy (non-hydrogen) atoms. The van der Waals surface area contributed by atoms with Crippen molar-refractivity contribution in [3.05, 3.63) is 30.0 Å². The SMILES string of the molecule is COc1cccc2[nH]c(C(=O)N[C@@H](CC(C)C)C(=O)NNC=O)cc12. The monoisotopic (exact) mass is 346 g/mol. The summed E-state index contributed by atoms with van der Waals surface area (Å²) in [5.41, 5.74) is 5.42. The van der Waals surface area contributed by atoms with Gasteiger partial charge in [0.15, 0.2) is 0 Å². The number of hydrogen-bond donors (Lipinski definition) is 4. The molecule has 1 atom stereocenters. The number of methoxy groups -OCH3 is 1.